The van der Waals surface area contributed by atoms with Crippen molar-refractivity contribution in [2.45, 2.75) is 19.4 Å². The minimum absolute atomic E-state index is 0.253. The Bertz CT molecular complexity index is 520. The van der Waals surface area contributed by atoms with Crippen molar-refractivity contribution in [1.82, 2.24) is 4.98 Å². The lowest BCUT2D eigenvalue weighted by Crippen LogP contribution is -2.30. The fourth-order valence-corrected chi connectivity index (χ4v) is 2.54. The number of nitrogens with two attached hydrogens (primary N) is 1. The number of anilines is 1. The first kappa shape index (κ1) is 10.6. The molecule has 0 aromatic carbocycles. The molecule has 1 aliphatic heterocycles. The molecule has 17 heavy (non-hydrogen) atoms. The number of nitrogens with zero attached hydrogens (tertiary/aromatic N) is 2. The van der Waals surface area contributed by atoms with Gasteiger partial charge in [0, 0.05) is 25.3 Å². The molecule has 0 radical (unpaired) electrons. The van der Waals surface area contributed by atoms with E-state index in [1.807, 2.05) is 12.1 Å². The minimum Gasteiger partial charge on any atom is -0.464 e. The van der Waals surface area contributed by atoms with Crippen LogP contribution in [0.5, 0.6) is 0 Å². The van der Waals surface area contributed by atoms with E-state index in [0.717, 1.165) is 36.3 Å². The second kappa shape index (κ2) is 4.04. The first-order valence-electron chi connectivity index (χ1n) is 6.08. The Morgan fingerprint density at radius 3 is 3.18 bits per heavy atom. The molecule has 1 saturated heterocycles. The average Bonchev–Trinajstić information content (AvgIpc) is 2.97. The number of fused-ring (bicyclic) bond motifs is 1. The molecule has 2 N–H and O–H groups in total. The molecule has 0 amide bonds. The van der Waals surface area contributed by atoms with Crippen molar-refractivity contribution in [3.05, 3.63) is 24.6 Å². The van der Waals surface area contributed by atoms with Gasteiger partial charge < -0.3 is 15.1 Å². The summed E-state index contributed by atoms with van der Waals surface area (Å²) in [5.41, 5.74) is 6.87. The Balaban J connectivity index is 1.92. The zero-order chi connectivity index (χ0) is 11.8. The van der Waals surface area contributed by atoms with E-state index < -0.39 is 0 Å². The standard InChI is InChI=1S/C13H17N3O/c1-9(14)10-3-6-16(8-10)13-11-4-7-17-12(11)2-5-15-13/h2,4-5,7,9-10H,3,6,8,14H2,1H3. The number of aromatic nitrogens is 1. The lowest BCUT2D eigenvalue weighted by atomic mass is 10.0. The summed E-state index contributed by atoms with van der Waals surface area (Å²) in [6.07, 6.45) is 4.67. The van der Waals surface area contributed by atoms with Crippen LogP contribution in [-0.4, -0.2) is 24.1 Å². The third-order valence-electron chi connectivity index (χ3n) is 3.63. The number of hydrogen-bond donors (Lipinski definition) is 1. The predicted molar refractivity (Wildman–Crippen MR) is 68.0 cm³/mol. The van der Waals surface area contributed by atoms with Crippen LogP contribution in [-0.2, 0) is 0 Å². The average molecular weight is 231 g/mol. The highest BCUT2D eigenvalue weighted by molar-refractivity contribution is 5.88. The maximum Gasteiger partial charge on any atom is 0.139 e. The smallest absolute Gasteiger partial charge is 0.139 e. The molecule has 2 aromatic heterocycles. The van der Waals surface area contributed by atoms with Crippen LogP contribution in [0.2, 0.25) is 0 Å². The Morgan fingerprint density at radius 1 is 1.53 bits per heavy atom. The molecule has 3 heterocycles. The fourth-order valence-electron chi connectivity index (χ4n) is 2.54. The van der Waals surface area contributed by atoms with Gasteiger partial charge in [-0.1, -0.05) is 0 Å². The number of pyridine rings is 1. The van der Waals surface area contributed by atoms with Crippen molar-refractivity contribution in [2.75, 3.05) is 18.0 Å². The first-order chi connectivity index (χ1) is 8.25. The molecule has 0 aliphatic carbocycles. The largest absolute Gasteiger partial charge is 0.464 e. The summed E-state index contributed by atoms with van der Waals surface area (Å²) in [6.45, 7) is 4.11. The van der Waals surface area contributed by atoms with E-state index in [4.69, 9.17) is 10.2 Å². The number of furan rings is 1. The highest BCUT2D eigenvalue weighted by Crippen LogP contribution is 2.30. The molecular formula is C13H17N3O. The molecule has 0 bridgehead atoms. The van der Waals surface area contributed by atoms with Crippen molar-refractivity contribution in [3.8, 4) is 0 Å². The van der Waals surface area contributed by atoms with Gasteiger partial charge in [-0.2, -0.15) is 0 Å². The highest BCUT2D eigenvalue weighted by atomic mass is 16.3. The fraction of sp³-hybridized carbons (Fsp3) is 0.462. The zero-order valence-corrected chi connectivity index (χ0v) is 9.97. The van der Waals surface area contributed by atoms with Gasteiger partial charge >= 0.3 is 0 Å². The third kappa shape index (κ3) is 1.78. The minimum atomic E-state index is 0.253. The van der Waals surface area contributed by atoms with Gasteiger partial charge in [-0.05, 0) is 31.4 Å². The molecule has 1 fully saturated rings. The molecule has 4 nitrogen and oxygen atoms in total. The van der Waals surface area contributed by atoms with E-state index in [2.05, 4.69) is 16.8 Å². The molecule has 0 saturated carbocycles. The molecule has 2 atom stereocenters. The summed E-state index contributed by atoms with van der Waals surface area (Å²) >= 11 is 0. The molecule has 90 valence electrons. The molecular weight excluding hydrogens is 214 g/mol. The first-order valence-corrected chi connectivity index (χ1v) is 6.08. The van der Waals surface area contributed by atoms with Gasteiger partial charge in [0.05, 0.1) is 11.6 Å². The maximum atomic E-state index is 5.97. The van der Waals surface area contributed by atoms with Crippen molar-refractivity contribution < 1.29 is 4.42 Å². The lowest BCUT2D eigenvalue weighted by Gasteiger charge is -2.19. The van der Waals surface area contributed by atoms with Crippen LogP contribution in [0.15, 0.2) is 29.0 Å². The van der Waals surface area contributed by atoms with Crippen LogP contribution in [0.25, 0.3) is 11.0 Å². The summed E-state index contributed by atoms with van der Waals surface area (Å²) in [4.78, 5) is 6.79. The van der Waals surface area contributed by atoms with Gasteiger partial charge in [-0.3, -0.25) is 0 Å². The third-order valence-corrected chi connectivity index (χ3v) is 3.63. The van der Waals surface area contributed by atoms with E-state index in [1.54, 1.807) is 12.5 Å². The van der Waals surface area contributed by atoms with Crippen LogP contribution >= 0.6 is 0 Å². The van der Waals surface area contributed by atoms with Crippen molar-refractivity contribution in [2.24, 2.45) is 11.7 Å². The van der Waals surface area contributed by atoms with Crippen LogP contribution < -0.4 is 10.6 Å². The molecule has 0 spiro atoms. The zero-order valence-electron chi connectivity index (χ0n) is 9.97. The SMILES string of the molecule is CC(N)C1CCN(c2nccc3occc23)C1. The summed E-state index contributed by atoms with van der Waals surface area (Å²) < 4.78 is 5.40. The predicted octanol–water partition coefficient (Wildman–Crippen LogP) is 2.00. The second-order valence-corrected chi connectivity index (χ2v) is 4.82. The Kier molecular flexibility index (Phi) is 2.52. The molecule has 3 rings (SSSR count). The van der Waals surface area contributed by atoms with Crippen LogP contribution in [0, 0.1) is 5.92 Å². The quantitative estimate of drug-likeness (QED) is 0.859. The van der Waals surface area contributed by atoms with Crippen molar-refractivity contribution in [1.29, 1.82) is 0 Å². The molecule has 2 unspecified atom stereocenters. The normalized spacial score (nSPS) is 22.2. The van der Waals surface area contributed by atoms with Crippen LogP contribution in [0.1, 0.15) is 13.3 Å². The topological polar surface area (TPSA) is 55.3 Å². The van der Waals surface area contributed by atoms with E-state index in [-0.39, 0.29) is 6.04 Å². The highest BCUT2D eigenvalue weighted by Gasteiger charge is 2.27. The maximum absolute atomic E-state index is 5.97. The van der Waals surface area contributed by atoms with E-state index in [0.29, 0.717) is 5.92 Å². The van der Waals surface area contributed by atoms with E-state index in [9.17, 15) is 0 Å². The van der Waals surface area contributed by atoms with Gasteiger partial charge in [0.25, 0.3) is 0 Å². The summed E-state index contributed by atoms with van der Waals surface area (Å²) in [5.74, 6) is 1.60. The van der Waals surface area contributed by atoms with Gasteiger partial charge in [0.15, 0.2) is 0 Å². The van der Waals surface area contributed by atoms with Gasteiger partial charge in [0.1, 0.15) is 11.4 Å². The number of hydrogen-bond acceptors (Lipinski definition) is 4. The Morgan fingerprint density at radius 2 is 2.41 bits per heavy atom. The molecule has 4 heteroatoms. The van der Waals surface area contributed by atoms with Crippen molar-refractivity contribution in [3.63, 3.8) is 0 Å². The van der Waals surface area contributed by atoms with E-state index in [1.165, 1.54) is 0 Å². The Hall–Kier alpha value is -1.55. The van der Waals surface area contributed by atoms with Crippen molar-refractivity contribution >= 4 is 16.8 Å². The monoisotopic (exact) mass is 231 g/mol. The van der Waals surface area contributed by atoms with Gasteiger partial charge in [-0.25, -0.2) is 4.98 Å². The molecule has 2 aromatic rings. The second-order valence-electron chi connectivity index (χ2n) is 4.82. The van der Waals surface area contributed by atoms with Crippen LogP contribution in [0.4, 0.5) is 5.82 Å². The summed E-state index contributed by atoms with van der Waals surface area (Å²) in [6, 6.07) is 4.14. The number of rotatable bonds is 2. The van der Waals surface area contributed by atoms with Crippen LogP contribution in [0.3, 0.4) is 0 Å². The Labute approximate surface area is 100 Å². The van der Waals surface area contributed by atoms with Gasteiger partial charge in [0.2, 0.25) is 0 Å². The lowest BCUT2D eigenvalue weighted by molar-refractivity contribution is 0.488. The summed E-state index contributed by atoms with van der Waals surface area (Å²) in [5, 5.41) is 1.10. The van der Waals surface area contributed by atoms with Gasteiger partial charge in [-0.15, -0.1) is 0 Å². The van der Waals surface area contributed by atoms with E-state index >= 15 is 0 Å². The molecule has 1 aliphatic rings. The summed E-state index contributed by atoms with van der Waals surface area (Å²) in [7, 11) is 0.